The molecule has 2 unspecified atom stereocenters. The van der Waals surface area contributed by atoms with E-state index >= 15 is 0 Å². The maximum absolute atomic E-state index is 6.00. The zero-order valence-electron chi connectivity index (χ0n) is 8.50. The average Bonchev–Trinajstić information content (AvgIpc) is 2.46. The molecule has 0 bridgehead atoms. The molecule has 0 radical (unpaired) electrons. The highest BCUT2D eigenvalue weighted by Crippen LogP contribution is 2.40. The van der Waals surface area contributed by atoms with Crippen molar-refractivity contribution in [2.75, 3.05) is 18.5 Å². The summed E-state index contributed by atoms with van der Waals surface area (Å²) in [5.41, 5.74) is 8.67. The van der Waals surface area contributed by atoms with E-state index in [-0.39, 0.29) is 6.04 Å². The van der Waals surface area contributed by atoms with Gasteiger partial charge in [0.2, 0.25) is 0 Å². The second-order valence-electron chi connectivity index (χ2n) is 4.02. The van der Waals surface area contributed by atoms with E-state index in [4.69, 9.17) is 5.73 Å². The lowest BCUT2D eigenvalue weighted by Gasteiger charge is -2.16. The fraction of sp³-hybridized carbons (Fsp3) is 0.455. The molecule has 0 saturated carbocycles. The van der Waals surface area contributed by atoms with E-state index in [2.05, 4.69) is 53.0 Å². The van der Waals surface area contributed by atoms with Gasteiger partial charge in [0.15, 0.2) is 0 Å². The van der Waals surface area contributed by atoms with Gasteiger partial charge in [0.25, 0.3) is 0 Å². The topological polar surface area (TPSA) is 29.3 Å². The van der Waals surface area contributed by atoms with Crippen LogP contribution in [0, 0.1) is 0 Å². The van der Waals surface area contributed by atoms with E-state index in [0.29, 0.717) is 5.92 Å². The molecule has 0 saturated heterocycles. The predicted octanol–water partition coefficient (Wildman–Crippen LogP) is 2.33. The van der Waals surface area contributed by atoms with Crippen LogP contribution in [0.15, 0.2) is 22.7 Å². The highest BCUT2D eigenvalue weighted by atomic mass is 79.9. The fourth-order valence-electron chi connectivity index (χ4n) is 2.14. The summed E-state index contributed by atoms with van der Waals surface area (Å²) in [4.78, 5) is 2.27. The van der Waals surface area contributed by atoms with Gasteiger partial charge in [-0.1, -0.05) is 22.0 Å². The van der Waals surface area contributed by atoms with Gasteiger partial charge in [-0.2, -0.15) is 0 Å². The van der Waals surface area contributed by atoms with Gasteiger partial charge in [-0.3, -0.25) is 0 Å². The summed E-state index contributed by atoms with van der Waals surface area (Å²) in [5.74, 6) is 0.450. The van der Waals surface area contributed by atoms with Crippen LogP contribution in [0.25, 0.3) is 0 Å². The molecular weight excluding hydrogens is 240 g/mol. The number of hydrogen-bond donors (Lipinski definition) is 1. The summed E-state index contributed by atoms with van der Waals surface area (Å²) < 4.78 is 1.18. The number of nitrogens with zero attached hydrogens (tertiary/aromatic N) is 1. The molecule has 2 rings (SSSR count). The third-order valence-corrected chi connectivity index (χ3v) is 3.61. The van der Waals surface area contributed by atoms with E-state index in [9.17, 15) is 0 Å². The number of fused-ring (bicyclic) bond motifs is 1. The van der Waals surface area contributed by atoms with Crippen molar-refractivity contribution in [1.29, 1.82) is 0 Å². The van der Waals surface area contributed by atoms with Crippen LogP contribution in [0.5, 0.6) is 0 Å². The summed E-state index contributed by atoms with van der Waals surface area (Å²) in [6.07, 6.45) is 0. The lowest BCUT2D eigenvalue weighted by molar-refractivity contribution is 0.592. The second-order valence-corrected chi connectivity index (χ2v) is 4.87. The lowest BCUT2D eigenvalue weighted by Crippen LogP contribution is -2.28. The molecule has 0 fully saturated rings. The maximum Gasteiger partial charge on any atom is 0.0411 e. The van der Waals surface area contributed by atoms with Crippen LogP contribution in [-0.4, -0.2) is 19.6 Å². The summed E-state index contributed by atoms with van der Waals surface area (Å²) in [7, 11) is 2.12. The van der Waals surface area contributed by atoms with E-state index in [1.54, 1.807) is 0 Å². The molecule has 1 aliphatic rings. The smallest absolute Gasteiger partial charge is 0.0411 e. The Morgan fingerprint density at radius 3 is 2.93 bits per heavy atom. The van der Waals surface area contributed by atoms with Crippen molar-refractivity contribution in [2.45, 2.75) is 18.9 Å². The van der Waals surface area contributed by atoms with Crippen LogP contribution in [-0.2, 0) is 0 Å². The summed E-state index contributed by atoms with van der Waals surface area (Å²) in [5, 5.41) is 0. The van der Waals surface area contributed by atoms with Gasteiger partial charge < -0.3 is 10.6 Å². The van der Waals surface area contributed by atoms with Crippen molar-refractivity contribution in [3.63, 3.8) is 0 Å². The van der Waals surface area contributed by atoms with Crippen LogP contribution in [0.2, 0.25) is 0 Å². The molecule has 1 aliphatic heterocycles. The lowest BCUT2D eigenvalue weighted by atomic mass is 9.95. The van der Waals surface area contributed by atoms with E-state index in [0.717, 1.165) is 6.54 Å². The number of nitrogens with two attached hydrogens (primary N) is 1. The largest absolute Gasteiger partial charge is 0.374 e. The zero-order valence-corrected chi connectivity index (χ0v) is 10.1. The van der Waals surface area contributed by atoms with Crippen molar-refractivity contribution >= 4 is 21.6 Å². The number of anilines is 1. The maximum atomic E-state index is 6.00. The normalized spacial score (nSPS) is 22.3. The van der Waals surface area contributed by atoms with E-state index < -0.39 is 0 Å². The quantitative estimate of drug-likeness (QED) is 0.834. The minimum absolute atomic E-state index is 0.206. The number of hydrogen-bond acceptors (Lipinski definition) is 2. The standard InChI is InChI=1S/C11H15BrN2/c1-7(13)8-6-14(2)10-5-3-4-9(12)11(8)10/h3-5,7-8H,6,13H2,1-2H3. The molecule has 1 heterocycles. The molecule has 3 heteroatoms. The molecule has 1 aromatic rings. The Labute approximate surface area is 93.2 Å². The molecule has 76 valence electrons. The van der Waals surface area contributed by atoms with Gasteiger partial charge in [-0.05, 0) is 24.6 Å². The van der Waals surface area contributed by atoms with Crippen LogP contribution in [0.3, 0.4) is 0 Å². The van der Waals surface area contributed by atoms with Crippen LogP contribution >= 0.6 is 15.9 Å². The Bertz CT molecular complexity index is 349. The van der Waals surface area contributed by atoms with E-state index in [1.165, 1.54) is 15.7 Å². The minimum atomic E-state index is 0.206. The predicted molar refractivity (Wildman–Crippen MR) is 63.8 cm³/mol. The molecule has 0 aliphatic carbocycles. The monoisotopic (exact) mass is 254 g/mol. The molecule has 0 aromatic heterocycles. The minimum Gasteiger partial charge on any atom is -0.374 e. The molecule has 2 nitrogen and oxygen atoms in total. The van der Waals surface area contributed by atoms with Crippen molar-refractivity contribution in [3.8, 4) is 0 Å². The van der Waals surface area contributed by atoms with E-state index in [1.807, 2.05) is 0 Å². The first kappa shape index (κ1) is 9.99. The molecular formula is C11H15BrN2. The summed E-state index contributed by atoms with van der Waals surface area (Å²) in [6, 6.07) is 6.52. The zero-order chi connectivity index (χ0) is 10.3. The van der Waals surface area contributed by atoms with Crippen LogP contribution < -0.4 is 10.6 Å². The molecule has 0 amide bonds. The van der Waals surface area contributed by atoms with Crippen molar-refractivity contribution in [2.24, 2.45) is 5.73 Å². The van der Waals surface area contributed by atoms with Crippen LogP contribution in [0.4, 0.5) is 5.69 Å². The van der Waals surface area contributed by atoms with Gasteiger partial charge in [0.1, 0.15) is 0 Å². The fourth-order valence-corrected chi connectivity index (χ4v) is 2.79. The number of benzene rings is 1. The van der Waals surface area contributed by atoms with Gasteiger partial charge in [-0.25, -0.2) is 0 Å². The Morgan fingerprint density at radius 1 is 1.57 bits per heavy atom. The highest BCUT2D eigenvalue weighted by molar-refractivity contribution is 9.10. The SMILES string of the molecule is CC(N)C1CN(C)c2cccc(Br)c21. The van der Waals surface area contributed by atoms with Gasteiger partial charge in [0, 0.05) is 35.7 Å². The molecule has 0 spiro atoms. The van der Waals surface area contributed by atoms with Crippen molar-refractivity contribution in [1.82, 2.24) is 0 Å². The molecule has 2 atom stereocenters. The summed E-state index contributed by atoms with van der Waals surface area (Å²) >= 11 is 3.60. The third kappa shape index (κ3) is 1.44. The Kier molecular flexibility index (Phi) is 2.54. The second kappa shape index (κ2) is 3.55. The van der Waals surface area contributed by atoms with Gasteiger partial charge >= 0.3 is 0 Å². The first-order valence-electron chi connectivity index (χ1n) is 4.86. The number of likely N-dealkylation sites (N-methyl/N-ethyl adjacent to an activating group) is 1. The number of rotatable bonds is 1. The Morgan fingerprint density at radius 2 is 2.29 bits per heavy atom. The first-order valence-corrected chi connectivity index (χ1v) is 5.65. The first-order chi connectivity index (χ1) is 6.61. The molecule has 2 N–H and O–H groups in total. The average molecular weight is 255 g/mol. The van der Waals surface area contributed by atoms with Crippen molar-refractivity contribution < 1.29 is 0 Å². The van der Waals surface area contributed by atoms with Gasteiger partial charge in [-0.15, -0.1) is 0 Å². The molecule has 1 aromatic carbocycles. The van der Waals surface area contributed by atoms with Gasteiger partial charge in [0.05, 0.1) is 0 Å². The Balaban J connectivity index is 2.51. The summed E-state index contributed by atoms with van der Waals surface area (Å²) in [6.45, 7) is 3.10. The third-order valence-electron chi connectivity index (χ3n) is 2.92. The Hall–Kier alpha value is -0.540. The highest BCUT2D eigenvalue weighted by Gasteiger charge is 2.30. The number of halogens is 1. The van der Waals surface area contributed by atoms with Crippen LogP contribution in [0.1, 0.15) is 18.4 Å². The molecule has 14 heavy (non-hydrogen) atoms. The van der Waals surface area contributed by atoms with Crippen molar-refractivity contribution in [3.05, 3.63) is 28.2 Å².